The first-order chi connectivity index (χ1) is 19.3. The van der Waals surface area contributed by atoms with Gasteiger partial charge in [0.25, 0.3) is 0 Å². The van der Waals surface area contributed by atoms with Gasteiger partial charge in [0.15, 0.2) is 11.6 Å². The molecule has 0 bridgehead atoms. The summed E-state index contributed by atoms with van der Waals surface area (Å²) in [7, 11) is 1.63. The zero-order valence-corrected chi connectivity index (χ0v) is 22.9. The second-order valence-corrected chi connectivity index (χ2v) is 10.4. The number of hydrogen-bond acceptors (Lipinski definition) is 5. The van der Waals surface area contributed by atoms with Crippen molar-refractivity contribution < 1.29 is 18.3 Å². The van der Waals surface area contributed by atoms with E-state index < -0.39 is 11.6 Å². The molecule has 3 aromatic rings. The highest BCUT2D eigenvalue weighted by Gasteiger charge is 2.35. The summed E-state index contributed by atoms with van der Waals surface area (Å²) in [6.07, 6.45) is 10.4. The van der Waals surface area contributed by atoms with Crippen LogP contribution >= 0.6 is 0 Å². The first-order valence-electron chi connectivity index (χ1n) is 13.4. The maximum absolute atomic E-state index is 14.0. The minimum Gasteiger partial charge on any atom is -0.383 e. The quantitative estimate of drug-likeness (QED) is 0.411. The minimum atomic E-state index is -0.898. The van der Waals surface area contributed by atoms with Crippen molar-refractivity contribution in [2.45, 2.75) is 38.3 Å². The smallest absolute Gasteiger partial charge is 0.320 e. The van der Waals surface area contributed by atoms with Crippen molar-refractivity contribution in [3.8, 4) is 0 Å². The van der Waals surface area contributed by atoms with Crippen molar-refractivity contribution in [1.29, 1.82) is 0 Å². The first kappa shape index (κ1) is 27.7. The van der Waals surface area contributed by atoms with Crippen molar-refractivity contribution in [2.75, 3.05) is 38.7 Å². The molecule has 2 aliphatic rings. The lowest BCUT2D eigenvalue weighted by Gasteiger charge is -2.24. The first-order valence-corrected chi connectivity index (χ1v) is 13.4. The van der Waals surface area contributed by atoms with Crippen LogP contribution in [0.4, 0.5) is 19.4 Å². The Morgan fingerprint density at radius 3 is 2.75 bits per heavy atom. The van der Waals surface area contributed by atoms with Gasteiger partial charge in [0.2, 0.25) is 0 Å². The number of carbonyl (C=O) groups excluding carboxylic acids is 1. The number of aryl methyl sites for hydroxylation is 1. The topological polar surface area (TPSA) is 84.3 Å². The van der Waals surface area contributed by atoms with Crippen LogP contribution in [-0.4, -0.2) is 65.1 Å². The third-order valence-corrected chi connectivity index (χ3v) is 7.56. The number of urea groups is 1. The number of methoxy groups -OCH3 is 1. The molecule has 2 N–H and O–H groups in total. The van der Waals surface area contributed by atoms with E-state index >= 15 is 0 Å². The number of anilines is 1. The Morgan fingerprint density at radius 2 is 1.98 bits per heavy atom. The van der Waals surface area contributed by atoms with Gasteiger partial charge in [-0.2, -0.15) is 5.10 Å². The number of nitrogens with one attached hydrogen (secondary N) is 2. The highest BCUT2D eigenvalue weighted by molar-refractivity contribution is 5.88. The van der Waals surface area contributed by atoms with Gasteiger partial charge < -0.3 is 10.1 Å². The Kier molecular flexibility index (Phi) is 8.37. The number of halogens is 2. The highest BCUT2D eigenvalue weighted by atomic mass is 19.2. The van der Waals surface area contributed by atoms with Crippen molar-refractivity contribution in [3.63, 3.8) is 0 Å². The van der Waals surface area contributed by atoms with Gasteiger partial charge in [-0.3, -0.25) is 15.2 Å². The van der Waals surface area contributed by atoms with E-state index in [4.69, 9.17) is 4.74 Å². The molecule has 0 saturated carbocycles. The summed E-state index contributed by atoms with van der Waals surface area (Å²) in [6.45, 7) is 6.45. The maximum Gasteiger partial charge on any atom is 0.320 e. The molecule has 5 rings (SSSR count). The number of carbonyl (C=O) groups is 1. The summed E-state index contributed by atoms with van der Waals surface area (Å²) in [4.78, 5) is 19.7. The molecule has 1 aromatic carbocycles. The number of ether oxygens (including phenoxy) is 1. The summed E-state index contributed by atoms with van der Waals surface area (Å²) in [5.74, 6) is -1.43. The molecular weight excluding hydrogens is 514 g/mol. The highest BCUT2D eigenvalue weighted by Crippen LogP contribution is 2.34. The second-order valence-electron chi connectivity index (χ2n) is 10.4. The van der Waals surface area contributed by atoms with E-state index in [1.54, 1.807) is 30.1 Å². The van der Waals surface area contributed by atoms with Crippen molar-refractivity contribution in [1.82, 2.24) is 25.0 Å². The predicted octanol–water partition coefficient (Wildman–Crippen LogP) is 5.08. The molecule has 8 nitrogen and oxygen atoms in total. The molecule has 10 heteroatoms. The fourth-order valence-electron chi connectivity index (χ4n) is 5.51. The van der Waals surface area contributed by atoms with Gasteiger partial charge in [-0.1, -0.05) is 18.2 Å². The zero-order valence-electron chi connectivity index (χ0n) is 22.9. The van der Waals surface area contributed by atoms with Crippen molar-refractivity contribution >= 4 is 17.4 Å². The molecule has 1 unspecified atom stereocenters. The Balaban J connectivity index is 1.31. The van der Waals surface area contributed by atoms with Crippen LogP contribution in [0.25, 0.3) is 5.57 Å². The number of rotatable bonds is 8. The lowest BCUT2D eigenvalue weighted by Crippen LogP contribution is -2.42. The van der Waals surface area contributed by atoms with Crippen LogP contribution in [0.2, 0.25) is 0 Å². The lowest BCUT2D eigenvalue weighted by molar-refractivity contribution is 0.159. The predicted molar refractivity (Wildman–Crippen MR) is 150 cm³/mol. The van der Waals surface area contributed by atoms with Gasteiger partial charge in [-0.25, -0.2) is 18.3 Å². The number of nitrogens with zero attached hydrogens (tertiary/aromatic N) is 4. The van der Waals surface area contributed by atoms with Crippen molar-refractivity contribution in [2.24, 2.45) is 0 Å². The van der Waals surface area contributed by atoms with Gasteiger partial charge >= 0.3 is 6.03 Å². The number of aromatic nitrogens is 3. The molecule has 1 aliphatic heterocycles. The van der Waals surface area contributed by atoms with Gasteiger partial charge in [-0.15, -0.1) is 0 Å². The average molecular weight is 549 g/mol. The molecule has 40 heavy (non-hydrogen) atoms. The standard InChI is InChI=1S/C30H34F2N6O2/c1-19-12-22(16-33-15-19)24-14-23(6-4-20(24)2)38-29(8-9-34-38)36-30(39)35-28-18-37(10-11-40-3)17-25(28)21-5-7-26(31)27(32)13-21/h4-5,7-9,12-16,23,25,28H,6,10-11,17-18H2,1-3H3,(H2,35,36,39)/t23?,25-,28+/m0/s1. The summed E-state index contributed by atoms with van der Waals surface area (Å²) in [6, 6.07) is 7.02. The second kappa shape index (κ2) is 12.1. The van der Waals surface area contributed by atoms with E-state index in [0.717, 1.165) is 29.2 Å². The van der Waals surface area contributed by atoms with Crippen LogP contribution in [0, 0.1) is 18.6 Å². The number of likely N-dealkylation sites (tertiary alicyclic amines) is 1. The van der Waals surface area contributed by atoms with Crippen LogP contribution in [0.15, 0.2) is 66.6 Å². The van der Waals surface area contributed by atoms with Crippen LogP contribution in [0.5, 0.6) is 0 Å². The third-order valence-electron chi connectivity index (χ3n) is 7.56. The average Bonchev–Trinajstić information content (AvgIpc) is 3.56. The molecule has 1 saturated heterocycles. The molecule has 1 fully saturated rings. The largest absolute Gasteiger partial charge is 0.383 e. The zero-order chi connectivity index (χ0) is 28.2. The Morgan fingerprint density at radius 1 is 1.12 bits per heavy atom. The number of allylic oxidation sites excluding steroid dienone is 4. The Labute approximate surface area is 232 Å². The summed E-state index contributed by atoms with van der Waals surface area (Å²) >= 11 is 0. The summed E-state index contributed by atoms with van der Waals surface area (Å²) in [5.41, 5.74) is 5.03. The van der Waals surface area contributed by atoms with E-state index in [1.165, 1.54) is 11.6 Å². The molecule has 210 valence electrons. The van der Waals surface area contributed by atoms with E-state index in [-0.39, 0.29) is 24.0 Å². The van der Waals surface area contributed by atoms with Gasteiger partial charge in [-0.05, 0) is 60.7 Å². The molecular formula is C30H34F2N6O2. The third kappa shape index (κ3) is 6.13. The lowest BCUT2D eigenvalue weighted by atomic mass is 9.91. The van der Waals surface area contributed by atoms with Gasteiger partial charge in [0, 0.05) is 56.7 Å². The molecule has 3 heterocycles. The van der Waals surface area contributed by atoms with E-state index in [1.807, 2.05) is 19.3 Å². The number of pyridine rings is 1. The molecule has 2 amide bonds. The van der Waals surface area contributed by atoms with Crippen LogP contribution in [0.1, 0.15) is 42.0 Å². The van der Waals surface area contributed by atoms with E-state index in [2.05, 4.69) is 50.8 Å². The van der Waals surface area contributed by atoms with Crippen LogP contribution in [-0.2, 0) is 4.74 Å². The van der Waals surface area contributed by atoms with Crippen LogP contribution in [0.3, 0.4) is 0 Å². The fraction of sp³-hybridized carbons (Fsp3) is 0.367. The fourth-order valence-corrected chi connectivity index (χ4v) is 5.51. The number of benzene rings is 1. The van der Waals surface area contributed by atoms with E-state index in [0.29, 0.717) is 37.6 Å². The molecule has 3 atom stereocenters. The molecule has 1 aliphatic carbocycles. The number of hydrogen-bond donors (Lipinski definition) is 2. The summed E-state index contributed by atoms with van der Waals surface area (Å²) in [5, 5.41) is 10.5. The Hall–Kier alpha value is -3.89. The Bertz CT molecular complexity index is 1440. The molecule has 2 aromatic heterocycles. The minimum absolute atomic E-state index is 0.0875. The van der Waals surface area contributed by atoms with Crippen LogP contribution < -0.4 is 10.6 Å². The number of amides is 2. The monoisotopic (exact) mass is 548 g/mol. The van der Waals surface area contributed by atoms with Crippen molar-refractivity contribution in [3.05, 3.63) is 95.0 Å². The SMILES string of the molecule is COCCN1C[C@@H](NC(=O)Nc2ccnn2C2C=C(c3cncc(C)c3)C(C)=CC2)[C@H](c2ccc(F)c(F)c2)C1. The molecule has 0 radical (unpaired) electrons. The summed E-state index contributed by atoms with van der Waals surface area (Å²) < 4.78 is 34.7. The normalized spacial score (nSPS) is 21.2. The van der Waals surface area contributed by atoms with E-state index in [9.17, 15) is 13.6 Å². The van der Waals surface area contributed by atoms with Gasteiger partial charge in [0.05, 0.1) is 24.9 Å². The van der Waals surface area contributed by atoms with Gasteiger partial charge in [0.1, 0.15) is 5.82 Å². The molecule has 0 spiro atoms. The maximum atomic E-state index is 14.0.